The van der Waals surface area contributed by atoms with Gasteiger partial charge in [0.15, 0.2) is 0 Å². The van der Waals surface area contributed by atoms with Crippen LogP contribution in [0.5, 0.6) is 0 Å². The molecule has 58 valence electrons. The molecular weight excluding hydrogens is 142 g/mol. The van der Waals surface area contributed by atoms with Crippen molar-refractivity contribution in [1.29, 1.82) is 0 Å². The first-order chi connectivity index (χ1) is 4.56. The van der Waals surface area contributed by atoms with E-state index in [9.17, 15) is 0 Å². The Morgan fingerprint density at radius 3 is 2.30 bits per heavy atom. The molecule has 0 bridgehead atoms. The highest BCUT2D eigenvalue weighted by Crippen LogP contribution is 2.08. The normalized spacial score (nSPS) is 13.6. The summed E-state index contributed by atoms with van der Waals surface area (Å²) < 4.78 is 0. The zero-order valence-corrected chi connectivity index (χ0v) is 7.90. The summed E-state index contributed by atoms with van der Waals surface area (Å²) >= 11 is 1.66. The van der Waals surface area contributed by atoms with Crippen LogP contribution in [-0.2, 0) is 0 Å². The maximum absolute atomic E-state index is 4.11. The molecule has 0 aromatic heterocycles. The molecule has 0 heterocycles. The van der Waals surface area contributed by atoms with Crippen molar-refractivity contribution >= 4 is 18.0 Å². The maximum Gasteiger partial charge on any atom is 0.0327 e. The van der Waals surface area contributed by atoms with Gasteiger partial charge in [-0.2, -0.15) is 0 Å². The van der Waals surface area contributed by atoms with Gasteiger partial charge in [-0.1, -0.05) is 20.8 Å². The first kappa shape index (κ1) is 9.76. The van der Waals surface area contributed by atoms with Crippen molar-refractivity contribution in [3.05, 3.63) is 11.6 Å². The molecule has 0 N–H and O–H groups in total. The van der Waals surface area contributed by atoms with Gasteiger partial charge in [0.25, 0.3) is 0 Å². The Bertz CT molecular complexity index is 131. The Morgan fingerprint density at radius 2 is 1.90 bits per heavy atom. The summed E-state index contributed by atoms with van der Waals surface area (Å²) in [6, 6.07) is 0. The van der Waals surface area contributed by atoms with Crippen LogP contribution in [0.15, 0.2) is 16.6 Å². The van der Waals surface area contributed by atoms with E-state index in [-0.39, 0.29) is 5.41 Å². The highest BCUT2D eigenvalue weighted by molar-refractivity contribution is 8.01. The molecule has 0 saturated heterocycles. The topological polar surface area (TPSA) is 12.4 Å². The fourth-order valence-corrected chi connectivity index (χ4v) is 0.555. The smallest absolute Gasteiger partial charge is 0.0327 e. The van der Waals surface area contributed by atoms with E-state index in [1.54, 1.807) is 11.8 Å². The number of rotatable bonds is 2. The molecule has 0 unspecified atom stereocenters. The van der Waals surface area contributed by atoms with Gasteiger partial charge in [0.1, 0.15) is 0 Å². The minimum absolute atomic E-state index is 0.197. The van der Waals surface area contributed by atoms with Crippen LogP contribution in [0.25, 0.3) is 0 Å². The Balaban J connectivity index is 3.66. The zero-order chi connectivity index (χ0) is 8.04. The molecule has 0 atom stereocenters. The molecule has 0 spiro atoms. The third-order valence-corrected chi connectivity index (χ3v) is 1.14. The van der Waals surface area contributed by atoms with E-state index >= 15 is 0 Å². The quantitative estimate of drug-likeness (QED) is 0.561. The Kier molecular flexibility index (Phi) is 4.45. The van der Waals surface area contributed by atoms with Crippen molar-refractivity contribution < 1.29 is 0 Å². The fraction of sp³-hybridized carbons (Fsp3) is 0.625. The van der Waals surface area contributed by atoms with E-state index in [4.69, 9.17) is 0 Å². The van der Waals surface area contributed by atoms with Crippen molar-refractivity contribution in [3.8, 4) is 0 Å². The molecule has 0 aliphatic carbocycles. The van der Waals surface area contributed by atoms with Gasteiger partial charge in [-0.15, -0.1) is 11.8 Å². The standard InChI is InChI=1S/C8H15NS/c1-8(2,3)7-9-5-6-10-4/h5-7H,1-4H3/b6-5-,9-7?. The van der Waals surface area contributed by atoms with Crippen LogP contribution in [0.4, 0.5) is 0 Å². The van der Waals surface area contributed by atoms with Gasteiger partial charge < -0.3 is 0 Å². The molecule has 0 aliphatic rings. The predicted octanol–water partition coefficient (Wildman–Crippen LogP) is 2.94. The summed E-state index contributed by atoms with van der Waals surface area (Å²) in [5.74, 6) is 0. The average molecular weight is 157 g/mol. The number of thioether (sulfide) groups is 1. The molecule has 0 radical (unpaired) electrons. The van der Waals surface area contributed by atoms with Gasteiger partial charge in [-0.05, 0) is 17.1 Å². The fourth-order valence-electron chi connectivity index (χ4n) is 0.363. The monoisotopic (exact) mass is 157 g/mol. The second-order valence-electron chi connectivity index (χ2n) is 3.17. The molecule has 0 aliphatic heterocycles. The van der Waals surface area contributed by atoms with Gasteiger partial charge >= 0.3 is 0 Å². The lowest BCUT2D eigenvalue weighted by atomic mass is 9.99. The van der Waals surface area contributed by atoms with Crippen LogP contribution in [0.1, 0.15) is 20.8 Å². The van der Waals surface area contributed by atoms with E-state index in [0.717, 1.165) is 0 Å². The minimum Gasteiger partial charge on any atom is -0.268 e. The van der Waals surface area contributed by atoms with E-state index in [2.05, 4.69) is 25.8 Å². The predicted molar refractivity (Wildman–Crippen MR) is 50.6 cm³/mol. The van der Waals surface area contributed by atoms with E-state index < -0.39 is 0 Å². The van der Waals surface area contributed by atoms with Gasteiger partial charge in [-0.3, -0.25) is 4.99 Å². The summed E-state index contributed by atoms with van der Waals surface area (Å²) in [6.07, 6.45) is 5.78. The summed E-state index contributed by atoms with van der Waals surface area (Å²) in [6.45, 7) is 6.39. The number of hydrogen-bond acceptors (Lipinski definition) is 2. The zero-order valence-electron chi connectivity index (χ0n) is 7.09. The van der Waals surface area contributed by atoms with Crippen molar-refractivity contribution in [2.24, 2.45) is 10.4 Å². The van der Waals surface area contributed by atoms with Gasteiger partial charge in [0.2, 0.25) is 0 Å². The van der Waals surface area contributed by atoms with E-state index in [1.807, 2.05) is 24.1 Å². The lowest BCUT2D eigenvalue weighted by molar-refractivity contribution is 0.607. The summed E-state index contributed by atoms with van der Waals surface area (Å²) in [4.78, 5) is 4.11. The molecule has 0 fully saturated rings. The average Bonchev–Trinajstić information content (AvgIpc) is 1.78. The second-order valence-corrected chi connectivity index (χ2v) is 3.91. The van der Waals surface area contributed by atoms with Gasteiger partial charge in [-0.25, -0.2) is 0 Å². The van der Waals surface area contributed by atoms with Crippen LogP contribution in [-0.4, -0.2) is 12.5 Å². The highest BCUT2D eigenvalue weighted by Gasteiger charge is 2.03. The van der Waals surface area contributed by atoms with Gasteiger partial charge in [0.05, 0.1) is 0 Å². The Labute approximate surface area is 67.6 Å². The summed E-state index contributed by atoms with van der Waals surface area (Å²) in [7, 11) is 0. The molecule has 0 aromatic carbocycles. The summed E-state index contributed by atoms with van der Waals surface area (Å²) in [5.41, 5.74) is 0.197. The van der Waals surface area contributed by atoms with Crippen molar-refractivity contribution in [2.45, 2.75) is 20.8 Å². The third kappa shape index (κ3) is 7.76. The van der Waals surface area contributed by atoms with Crippen LogP contribution in [0.3, 0.4) is 0 Å². The lowest BCUT2D eigenvalue weighted by Gasteiger charge is -2.08. The molecule has 10 heavy (non-hydrogen) atoms. The molecule has 0 amide bonds. The third-order valence-electron chi connectivity index (χ3n) is 0.745. The number of nitrogens with zero attached hydrogens (tertiary/aromatic N) is 1. The molecule has 2 heteroatoms. The Morgan fingerprint density at radius 1 is 1.30 bits per heavy atom. The van der Waals surface area contributed by atoms with Crippen molar-refractivity contribution in [3.63, 3.8) is 0 Å². The number of aliphatic imine (C=N–C) groups is 1. The van der Waals surface area contributed by atoms with E-state index in [0.29, 0.717) is 0 Å². The molecule has 0 rings (SSSR count). The van der Waals surface area contributed by atoms with Gasteiger partial charge in [0, 0.05) is 12.4 Å². The molecule has 0 aromatic rings. The largest absolute Gasteiger partial charge is 0.268 e. The first-order valence-electron chi connectivity index (χ1n) is 3.28. The van der Waals surface area contributed by atoms with Crippen LogP contribution >= 0.6 is 11.8 Å². The first-order valence-corrected chi connectivity index (χ1v) is 4.57. The minimum atomic E-state index is 0.197. The SMILES string of the molecule is CS/C=C\N=CC(C)(C)C. The lowest BCUT2D eigenvalue weighted by Crippen LogP contribution is -2.05. The highest BCUT2D eigenvalue weighted by atomic mass is 32.2. The maximum atomic E-state index is 4.11. The molecule has 0 saturated carbocycles. The van der Waals surface area contributed by atoms with Crippen LogP contribution in [0.2, 0.25) is 0 Å². The number of hydrogen-bond donors (Lipinski definition) is 0. The molecular formula is C8H15NS. The van der Waals surface area contributed by atoms with E-state index in [1.165, 1.54) is 0 Å². The Hall–Kier alpha value is -0.240. The summed E-state index contributed by atoms with van der Waals surface area (Å²) in [5, 5.41) is 1.96. The molecule has 1 nitrogen and oxygen atoms in total. The second kappa shape index (κ2) is 4.56. The van der Waals surface area contributed by atoms with Crippen LogP contribution < -0.4 is 0 Å². The van der Waals surface area contributed by atoms with Crippen molar-refractivity contribution in [2.75, 3.05) is 6.26 Å². The van der Waals surface area contributed by atoms with Crippen molar-refractivity contribution in [1.82, 2.24) is 0 Å². The van der Waals surface area contributed by atoms with Crippen LogP contribution in [0, 0.1) is 5.41 Å².